The van der Waals surface area contributed by atoms with E-state index in [4.69, 9.17) is 5.73 Å². The Bertz CT molecular complexity index is 724. The Morgan fingerprint density at radius 3 is 2.89 bits per heavy atom. The van der Waals surface area contributed by atoms with Crippen LogP contribution in [0.1, 0.15) is 11.1 Å². The summed E-state index contributed by atoms with van der Waals surface area (Å²) in [5.41, 5.74) is 7.72. The van der Waals surface area contributed by atoms with Crippen molar-refractivity contribution in [3.8, 4) is 0 Å². The van der Waals surface area contributed by atoms with Gasteiger partial charge in [-0.3, -0.25) is 14.6 Å². The van der Waals surface area contributed by atoms with Crippen LogP contribution in [0.3, 0.4) is 0 Å². The van der Waals surface area contributed by atoms with Gasteiger partial charge in [0.15, 0.2) is 0 Å². The van der Waals surface area contributed by atoms with E-state index in [-0.39, 0.29) is 5.69 Å². The van der Waals surface area contributed by atoms with E-state index in [0.29, 0.717) is 12.0 Å². The number of anilines is 2. The van der Waals surface area contributed by atoms with Crippen LogP contribution in [0, 0.1) is 0 Å². The lowest BCUT2D eigenvalue weighted by molar-refractivity contribution is 1.12. The Kier molecular flexibility index (Phi) is 2.26. The quantitative estimate of drug-likeness (QED) is 0.753. The van der Waals surface area contributed by atoms with E-state index in [1.807, 2.05) is 18.2 Å². The lowest BCUT2D eigenvalue weighted by Gasteiger charge is -2.14. The molecule has 2 aromatic carbocycles. The molecule has 0 unspecified atom stereocenters. The minimum Gasteiger partial charge on any atom is -0.395 e. The second-order valence-electron chi connectivity index (χ2n) is 4.27. The second kappa shape index (κ2) is 3.80. The summed E-state index contributed by atoms with van der Waals surface area (Å²) in [7, 11) is 0. The largest absolute Gasteiger partial charge is 0.395 e. The van der Waals surface area contributed by atoms with E-state index in [1.54, 1.807) is 6.21 Å². The van der Waals surface area contributed by atoms with Crippen molar-refractivity contribution in [1.29, 1.82) is 0 Å². The maximum atomic E-state index is 11.3. The number of nitrogen functional groups attached to an aromatic ring is 1. The van der Waals surface area contributed by atoms with Crippen molar-refractivity contribution in [3.63, 3.8) is 0 Å². The van der Waals surface area contributed by atoms with Gasteiger partial charge in [0.05, 0.1) is 23.6 Å². The number of nitrogens with one attached hydrogen (secondary N) is 1. The number of benzene rings is 1. The van der Waals surface area contributed by atoms with Gasteiger partial charge < -0.3 is 11.1 Å². The summed E-state index contributed by atoms with van der Waals surface area (Å²) in [6.45, 7) is 0.720. The van der Waals surface area contributed by atoms with Crippen LogP contribution in [-0.4, -0.2) is 12.8 Å². The Hall–Kier alpha value is -2.43. The first-order chi connectivity index (χ1) is 8.66. The molecule has 0 saturated heterocycles. The highest BCUT2D eigenvalue weighted by molar-refractivity contribution is 5.80. The van der Waals surface area contributed by atoms with E-state index < -0.39 is 10.9 Å². The van der Waals surface area contributed by atoms with Crippen LogP contribution in [-0.2, 0) is 6.42 Å². The summed E-state index contributed by atoms with van der Waals surface area (Å²) in [6, 6.07) is 5.72. The average molecular weight is 241 g/mol. The van der Waals surface area contributed by atoms with Crippen molar-refractivity contribution in [2.24, 2.45) is 4.99 Å². The first-order valence-electron chi connectivity index (χ1n) is 5.64. The van der Waals surface area contributed by atoms with Crippen LogP contribution in [0.25, 0.3) is 0 Å². The summed E-state index contributed by atoms with van der Waals surface area (Å²) < 4.78 is 0. The van der Waals surface area contributed by atoms with Crippen molar-refractivity contribution in [3.05, 3.63) is 49.8 Å². The maximum absolute atomic E-state index is 11.3. The molecule has 0 saturated carbocycles. The first kappa shape index (κ1) is 10.7. The molecule has 0 spiro atoms. The summed E-state index contributed by atoms with van der Waals surface area (Å²) in [4.78, 5) is 26.6. The summed E-state index contributed by atoms with van der Waals surface area (Å²) in [6.07, 6.45) is 2.18. The van der Waals surface area contributed by atoms with Crippen LogP contribution in [0.5, 0.6) is 0 Å². The Balaban J connectivity index is 1.94. The monoisotopic (exact) mass is 241 g/mol. The minimum absolute atomic E-state index is 0.0966. The molecule has 2 aromatic rings. The molecule has 0 aromatic heterocycles. The van der Waals surface area contributed by atoms with E-state index in [1.165, 1.54) is 0 Å². The van der Waals surface area contributed by atoms with Crippen molar-refractivity contribution in [1.82, 2.24) is 0 Å². The van der Waals surface area contributed by atoms with E-state index in [2.05, 4.69) is 10.3 Å². The molecular weight excluding hydrogens is 230 g/mol. The van der Waals surface area contributed by atoms with Gasteiger partial charge in [0.1, 0.15) is 0 Å². The van der Waals surface area contributed by atoms with Gasteiger partial charge >= 0.3 is 0 Å². The molecule has 18 heavy (non-hydrogen) atoms. The molecule has 0 atom stereocenters. The topological polar surface area (TPSA) is 84.5 Å². The van der Waals surface area contributed by atoms with E-state index in [9.17, 15) is 9.59 Å². The third kappa shape index (κ3) is 1.52. The van der Waals surface area contributed by atoms with Crippen LogP contribution >= 0.6 is 0 Å². The molecule has 3 rings (SSSR count). The van der Waals surface area contributed by atoms with Crippen LogP contribution in [0.4, 0.5) is 17.1 Å². The zero-order chi connectivity index (χ0) is 12.7. The molecule has 5 heteroatoms. The first-order valence-corrected chi connectivity index (χ1v) is 5.64. The van der Waals surface area contributed by atoms with Gasteiger partial charge in [0, 0.05) is 18.2 Å². The van der Waals surface area contributed by atoms with Crippen molar-refractivity contribution < 1.29 is 0 Å². The van der Waals surface area contributed by atoms with Crippen LogP contribution < -0.4 is 21.9 Å². The predicted molar refractivity (Wildman–Crippen MR) is 71.7 cm³/mol. The fraction of sp³-hybridized carbons (Fsp3) is 0.154. The summed E-state index contributed by atoms with van der Waals surface area (Å²) in [5.74, 6) is 0. The Labute approximate surface area is 103 Å². The van der Waals surface area contributed by atoms with Crippen molar-refractivity contribution >= 4 is 23.3 Å². The molecule has 90 valence electrons. The third-order valence-corrected chi connectivity index (χ3v) is 3.11. The number of hydrogen-bond donors (Lipinski definition) is 2. The van der Waals surface area contributed by atoms with Crippen LogP contribution in [0.2, 0.25) is 0 Å². The number of aliphatic imine (C=N–C) groups is 1. The molecule has 0 aliphatic carbocycles. The highest BCUT2D eigenvalue weighted by Crippen LogP contribution is 2.28. The number of nitrogens with two attached hydrogens (primary N) is 1. The van der Waals surface area contributed by atoms with Gasteiger partial charge in [0.25, 0.3) is 0 Å². The lowest BCUT2D eigenvalue weighted by atomic mass is 9.98. The molecule has 1 heterocycles. The third-order valence-electron chi connectivity index (χ3n) is 3.11. The molecule has 3 N–H and O–H groups in total. The standard InChI is InChI=1S/C13H11N3O2/c14-11-8(12(17)13(11)18)5-7-1-2-9-10(6-7)16-4-3-15-9/h1-2,4,6,15H,3,5,14H2. The smallest absolute Gasteiger partial charge is 0.249 e. The molecule has 0 amide bonds. The van der Waals surface area contributed by atoms with Gasteiger partial charge in [-0.2, -0.15) is 0 Å². The number of hydrogen-bond acceptors (Lipinski definition) is 5. The van der Waals surface area contributed by atoms with E-state index >= 15 is 0 Å². The second-order valence-corrected chi connectivity index (χ2v) is 4.27. The van der Waals surface area contributed by atoms with Gasteiger partial charge in [-0.15, -0.1) is 0 Å². The highest BCUT2D eigenvalue weighted by atomic mass is 16.2. The highest BCUT2D eigenvalue weighted by Gasteiger charge is 2.18. The molecule has 1 aliphatic rings. The van der Waals surface area contributed by atoms with Crippen molar-refractivity contribution in [2.45, 2.75) is 6.42 Å². The summed E-state index contributed by atoms with van der Waals surface area (Å²) >= 11 is 0. The molecular formula is C13H11N3O2. The zero-order valence-electron chi connectivity index (χ0n) is 9.56. The number of nitrogens with zero attached hydrogens (tertiary/aromatic N) is 1. The average Bonchev–Trinajstić information content (AvgIpc) is 2.43. The summed E-state index contributed by atoms with van der Waals surface area (Å²) in [5, 5.41) is 3.19. The molecule has 1 aliphatic heterocycles. The predicted octanol–water partition coefficient (Wildman–Crippen LogP) is 0.583. The van der Waals surface area contributed by atoms with Gasteiger partial charge in [-0.1, -0.05) is 6.07 Å². The molecule has 0 radical (unpaired) electrons. The minimum atomic E-state index is -0.567. The van der Waals surface area contributed by atoms with Gasteiger partial charge in [-0.05, 0) is 17.7 Å². The normalized spacial score (nSPS) is 13.3. The molecule has 0 fully saturated rings. The Morgan fingerprint density at radius 2 is 2.11 bits per heavy atom. The molecule has 0 bridgehead atoms. The van der Waals surface area contributed by atoms with Gasteiger partial charge in [0.2, 0.25) is 10.9 Å². The SMILES string of the molecule is Nc1c(Cc2ccc3c(c2)N=CCN3)c(=O)c1=O. The molecule has 5 nitrogen and oxygen atoms in total. The fourth-order valence-electron chi connectivity index (χ4n) is 2.08. The van der Waals surface area contributed by atoms with E-state index in [0.717, 1.165) is 23.5 Å². The van der Waals surface area contributed by atoms with Gasteiger partial charge in [-0.25, -0.2) is 0 Å². The van der Waals surface area contributed by atoms with Crippen LogP contribution in [0.15, 0.2) is 32.8 Å². The zero-order valence-corrected chi connectivity index (χ0v) is 9.56. The fourth-order valence-corrected chi connectivity index (χ4v) is 2.08. The maximum Gasteiger partial charge on any atom is 0.249 e. The van der Waals surface area contributed by atoms with Crippen molar-refractivity contribution in [2.75, 3.05) is 17.6 Å². The Morgan fingerprint density at radius 1 is 1.28 bits per heavy atom. The number of fused-ring (bicyclic) bond motifs is 1. The lowest BCUT2D eigenvalue weighted by Crippen LogP contribution is -2.38. The number of rotatable bonds is 2.